The molecule has 0 aliphatic rings. The van der Waals surface area contributed by atoms with Crippen LogP contribution in [0.25, 0.3) is 0 Å². The van der Waals surface area contributed by atoms with Gasteiger partial charge in [-0.1, -0.05) is 44.9 Å². The molecule has 0 N–H and O–H groups in total. The zero-order valence-electron chi connectivity index (χ0n) is 10.4. The van der Waals surface area contributed by atoms with Gasteiger partial charge < -0.3 is 0 Å². The molecule has 0 atom stereocenters. The Morgan fingerprint density at radius 2 is 0.882 bits per heavy atom. The molecule has 1 nitrogen and oxygen atoms in total. The lowest BCUT2D eigenvalue weighted by Crippen LogP contribution is -2.14. The van der Waals surface area contributed by atoms with Gasteiger partial charge in [0.1, 0.15) is 6.54 Å². The van der Waals surface area contributed by atoms with Gasteiger partial charge in [0.15, 0.2) is 0 Å². The van der Waals surface area contributed by atoms with Gasteiger partial charge in [-0.25, -0.2) is 0 Å². The van der Waals surface area contributed by atoms with Crippen LogP contribution in [-0.2, 0) is 0 Å². The standard InChI is InChI=1S/C12H24Cl4N/c13-11-9-7-5-3-1-2-4-6-8-10-12-17(14,15)16/h1-12H2/q+1. The third-order valence-corrected chi connectivity index (χ3v) is 3.57. The molecule has 0 amide bonds. The Morgan fingerprint density at radius 3 is 1.24 bits per heavy atom. The fourth-order valence-electron chi connectivity index (χ4n) is 1.80. The fourth-order valence-corrected chi connectivity index (χ4v) is 2.35. The van der Waals surface area contributed by atoms with Crippen LogP contribution in [0.1, 0.15) is 64.2 Å². The van der Waals surface area contributed by atoms with Crippen LogP contribution in [0.5, 0.6) is 0 Å². The lowest BCUT2D eigenvalue weighted by Gasteiger charge is -2.07. The second-order valence-electron chi connectivity index (χ2n) is 4.50. The van der Waals surface area contributed by atoms with Crippen LogP contribution in [0.3, 0.4) is 0 Å². The summed E-state index contributed by atoms with van der Waals surface area (Å²) in [6, 6.07) is 0. The highest BCUT2D eigenvalue weighted by atomic mass is 35.6. The molecule has 0 aromatic heterocycles. The summed E-state index contributed by atoms with van der Waals surface area (Å²) in [6.45, 7) is 0.614. The van der Waals surface area contributed by atoms with Gasteiger partial charge in [0, 0.05) is 12.3 Å². The van der Waals surface area contributed by atoms with E-state index in [1.54, 1.807) is 0 Å². The Hall–Kier alpha value is 1.12. The highest BCUT2D eigenvalue weighted by molar-refractivity contribution is 6.37. The van der Waals surface area contributed by atoms with Gasteiger partial charge in [-0.2, -0.15) is 0 Å². The zero-order chi connectivity index (χ0) is 13.0. The number of alkyl halides is 1. The first-order valence-corrected chi connectivity index (χ1v) is 8.14. The maximum absolute atomic E-state index is 5.62. The van der Waals surface area contributed by atoms with Gasteiger partial charge in [0.25, 0.3) is 0 Å². The number of halogens is 4. The number of rotatable bonds is 12. The number of hydrogen-bond donors (Lipinski definition) is 0. The summed E-state index contributed by atoms with van der Waals surface area (Å²) >= 11 is 22.5. The quantitative estimate of drug-likeness (QED) is 0.221. The van der Waals surface area contributed by atoms with Gasteiger partial charge in [-0.15, -0.1) is 11.6 Å². The molecule has 0 aromatic rings. The Morgan fingerprint density at radius 1 is 0.529 bits per heavy atom. The van der Waals surface area contributed by atoms with Gasteiger partial charge in [-0.05, 0) is 15.9 Å². The molecule has 0 heterocycles. The molecule has 0 radical (unpaired) electrons. The number of unbranched alkanes of at least 4 members (excludes halogenated alkanes) is 9. The van der Waals surface area contributed by atoms with E-state index in [1.807, 2.05) is 0 Å². The minimum absolute atomic E-state index is 0.472. The predicted octanol–water partition coefficient (Wildman–Crippen LogP) is 6.40. The summed E-state index contributed by atoms with van der Waals surface area (Å²) < 4.78 is -0.472. The molecular weight excluding hydrogens is 300 g/mol. The second kappa shape index (κ2) is 12.2. The van der Waals surface area contributed by atoms with Crippen LogP contribution in [-0.4, -0.2) is 15.5 Å². The summed E-state index contributed by atoms with van der Waals surface area (Å²) in [5.74, 6) is 0.807. The lowest BCUT2D eigenvalue weighted by atomic mass is 10.1. The molecule has 5 heteroatoms. The van der Waals surface area contributed by atoms with E-state index in [-0.39, 0.29) is 0 Å². The van der Waals surface area contributed by atoms with Crippen molar-refractivity contribution in [3.63, 3.8) is 0 Å². The summed E-state index contributed by atoms with van der Waals surface area (Å²) in [4.78, 5) is 0. The summed E-state index contributed by atoms with van der Waals surface area (Å²) in [5.41, 5.74) is 0. The maximum atomic E-state index is 5.62. The van der Waals surface area contributed by atoms with Crippen molar-refractivity contribution in [2.75, 3.05) is 12.4 Å². The van der Waals surface area contributed by atoms with Crippen molar-refractivity contribution < 1.29 is 3.04 Å². The van der Waals surface area contributed by atoms with E-state index < -0.39 is 3.04 Å². The average molecular weight is 324 g/mol. The van der Waals surface area contributed by atoms with E-state index in [9.17, 15) is 0 Å². The minimum atomic E-state index is -0.472. The topological polar surface area (TPSA) is 0 Å². The van der Waals surface area contributed by atoms with E-state index in [2.05, 4.69) is 0 Å². The minimum Gasteiger partial charge on any atom is -0.127 e. The molecule has 0 aliphatic heterocycles. The summed E-state index contributed by atoms with van der Waals surface area (Å²) in [5, 5.41) is 0. The maximum Gasteiger partial charge on any atom is 0.208 e. The van der Waals surface area contributed by atoms with Crippen molar-refractivity contribution in [1.82, 2.24) is 0 Å². The molecule has 0 saturated carbocycles. The second-order valence-corrected chi connectivity index (χ2v) is 7.13. The van der Waals surface area contributed by atoms with Gasteiger partial charge in [0.05, 0.1) is 0 Å². The van der Waals surface area contributed by atoms with Gasteiger partial charge in [-0.3, -0.25) is 0 Å². The Kier molecular flexibility index (Phi) is 13.0. The highest BCUT2D eigenvalue weighted by Gasteiger charge is 2.20. The number of nitrogens with zero attached hydrogens (tertiary/aromatic N) is 1. The fraction of sp³-hybridized carbons (Fsp3) is 1.00. The molecule has 104 valence electrons. The molecule has 0 rings (SSSR count). The van der Waals surface area contributed by atoms with Gasteiger partial charge >= 0.3 is 0 Å². The van der Waals surface area contributed by atoms with Crippen molar-refractivity contribution in [2.24, 2.45) is 0 Å². The van der Waals surface area contributed by atoms with Crippen molar-refractivity contribution in [3.8, 4) is 0 Å². The summed E-state index contributed by atoms with van der Waals surface area (Å²) in [6.07, 6.45) is 12.5. The molecule has 0 aliphatic carbocycles. The highest BCUT2D eigenvalue weighted by Crippen LogP contribution is 2.23. The van der Waals surface area contributed by atoms with Crippen molar-refractivity contribution in [3.05, 3.63) is 0 Å². The van der Waals surface area contributed by atoms with Crippen LogP contribution in [0.2, 0.25) is 0 Å². The normalized spacial score (nSPS) is 12.0. The molecule has 0 fully saturated rings. The predicted molar refractivity (Wildman–Crippen MR) is 79.6 cm³/mol. The molecule has 0 saturated heterocycles. The van der Waals surface area contributed by atoms with Crippen LogP contribution >= 0.6 is 46.9 Å². The Labute approximate surface area is 126 Å². The van der Waals surface area contributed by atoms with E-state index in [0.29, 0.717) is 6.54 Å². The van der Waals surface area contributed by atoms with E-state index in [0.717, 1.165) is 18.7 Å². The van der Waals surface area contributed by atoms with E-state index >= 15 is 0 Å². The first-order valence-electron chi connectivity index (χ1n) is 6.59. The van der Waals surface area contributed by atoms with Crippen LogP contribution in [0.4, 0.5) is 0 Å². The average Bonchev–Trinajstić information content (AvgIpc) is 2.24. The molecule has 0 spiro atoms. The van der Waals surface area contributed by atoms with Crippen LogP contribution in [0, 0.1) is 0 Å². The van der Waals surface area contributed by atoms with Crippen molar-refractivity contribution in [2.45, 2.75) is 64.2 Å². The van der Waals surface area contributed by atoms with Crippen molar-refractivity contribution in [1.29, 1.82) is 0 Å². The zero-order valence-corrected chi connectivity index (χ0v) is 13.5. The van der Waals surface area contributed by atoms with E-state index in [4.69, 9.17) is 46.9 Å². The first-order chi connectivity index (χ1) is 8.06. The third kappa shape index (κ3) is 17.1. The smallest absolute Gasteiger partial charge is 0.127 e. The third-order valence-electron chi connectivity index (χ3n) is 2.80. The summed E-state index contributed by atoms with van der Waals surface area (Å²) in [7, 11) is 0. The largest absolute Gasteiger partial charge is 0.208 e. The van der Waals surface area contributed by atoms with Crippen molar-refractivity contribution >= 4 is 46.9 Å². The number of quaternary nitrogens is 1. The molecular formula is C12H24Cl4N+. The van der Waals surface area contributed by atoms with E-state index in [1.165, 1.54) is 51.4 Å². The van der Waals surface area contributed by atoms with Crippen LogP contribution < -0.4 is 0 Å². The Bertz CT molecular complexity index is 159. The first kappa shape index (κ1) is 18.1. The van der Waals surface area contributed by atoms with Gasteiger partial charge in [0.2, 0.25) is 35.3 Å². The lowest BCUT2D eigenvalue weighted by molar-refractivity contribution is -0.549. The SMILES string of the molecule is ClCCCCCCCCCCCC[N+](Cl)(Cl)Cl. The Balaban J connectivity index is 2.99. The molecule has 0 bridgehead atoms. The molecule has 0 unspecified atom stereocenters. The monoisotopic (exact) mass is 322 g/mol. The number of hydrogen-bond acceptors (Lipinski definition) is 0. The molecule has 17 heavy (non-hydrogen) atoms. The van der Waals surface area contributed by atoms with Crippen LogP contribution in [0.15, 0.2) is 0 Å². The molecule has 0 aromatic carbocycles.